The summed E-state index contributed by atoms with van der Waals surface area (Å²) in [6.45, 7) is 2.70. The van der Waals surface area contributed by atoms with Crippen LogP contribution >= 0.6 is 0 Å². The summed E-state index contributed by atoms with van der Waals surface area (Å²) >= 11 is 0. The number of ether oxygens (including phenoxy) is 1. The molecule has 4 rings (SSSR count). The predicted molar refractivity (Wildman–Crippen MR) is 121 cm³/mol. The van der Waals surface area contributed by atoms with Gasteiger partial charge in [0.25, 0.3) is 11.8 Å². The van der Waals surface area contributed by atoms with Gasteiger partial charge in [0.15, 0.2) is 6.61 Å². The Morgan fingerprint density at radius 2 is 1.79 bits per heavy atom. The largest absolute Gasteiger partial charge is 0.454 e. The fraction of sp³-hybridized carbons (Fsp3) is 0.360. The van der Waals surface area contributed by atoms with Crippen LogP contribution in [-0.2, 0) is 31.1 Å². The van der Waals surface area contributed by atoms with Crippen LogP contribution in [0.4, 0.5) is 10.5 Å². The molecule has 1 heterocycles. The minimum Gasteiger partial charge on any atom is -0.454 e. The van der Waals surface area contributed by atoms with Gasteiger partial charge in [-0.25, -0.2) is 4.79 Å². The van der Waals surface area contributed by atoms with Crippen LogP contribution < -0.4 is 10.2 Å². The van der Waals surface area contributed by atoms with Crippen LogP contribution in [0, 0.1) is 0 Å². The van der Waals surface area contributed by atoms with Crippen molar-refractivity contribution in [2.75, 3.05) is 18.1 Å². The maximum atomic E-state index is 13.3. The topological polar surface area (TPSA) is 96.0 Å². The molecule has 2 aromatic rings. The summed E-state index contributed by atoms with van der Waals surface area (Å²) in [4.78, 5) is 53.5. The van der Waals surface area contributed by atoms with Crippen LogP contribution in [0.25, 0.3) is 0 Å². The molecule has 172 valence electrons. The third kappa shape index (κ3) is 4.20. The second-order valence-corrected chi connectivity index (χ2v) is 8.59. The second kappa shape index (κ2) is 9.05. The molecule has 1 aliphatic carbocycles. The average Bonchev–Trinajstić information content (AvgIpc) is 3.03. The zero-order chi connectivity index (χ0) is 23.6. The third-order valence-corrected chi connectivity index (χ3v) is 6.11. The molecule has 8 heteroatoms. The van der Waals surface area contributed by atoms with Crippen molar-refractivity contribution in [2.45, 2.75) is 44.7 Å². The van der Waals surface area contributed by atoms with Crippen molar-refractivity contribution in [2.24, 2.45) is 0 Å². The molecule has 0 bridgehead atoms. The zero-order valence-corrected chi connectivity index (χ0v) is 18.7. The Hall–Kier alpha value is -3.68. The number of rotatable bonds is 6. The minimum absolute atomic E-state index is 0.143. The first-order chi connectivity index (χ1) is 15.8. The Bertz CT molecular complexity index is 1080. The molecule has 8 nitrogen and oxygen atoms in total. The number of para-hydroxylation sites is 1. The number of hydrogen-bond acceptors (Lipinski definition) is 5. The highest BCUT2D eigenvalue weighted by molar-refractivity contribution is 6.09. The fourth-order valence-corrected chi connectivity index (χ4v) is 4.66. The summed E-state index contributed by atoms with van der Waals surface area (Å²) < 4.78 is 5.16. The van der Waals surface area contributed by atoms with Gasteiger partial charge in [0.2, 0.25) is 0 Å². The van der Waals surface area contributed by atoms with Crippen molar-refractivity contribution < 1.29 is 23.9 Å². The Balaban J connectivity index is 1.42. The maximum Gasteiger partial charge on any atom is 0.326 e. The van der Waals surface area contributed by atoms with Crippen molar-refractivity contribution in [1.82, 2.24) is 10.2 Å². The maximum absolute atomic E-state index is 13.3. The molecule has 4 amide bonds. The Kier molecular flexibility index (Phi) is 6.18. The van der Waals surface area contributed by atoms with E-state index in [2.05, 4.69) is 5.32 Å². The lowest BCUT2D eigenvalue weighted by atomic mass is 9.76. The van der Waals surface area contributed by atoms with E-state index in [-0.39, 0.29) is 11.9 Å². The van der Waals surface area contributed by atoms with Gasteiger partial charge in [0, 0.05) is 11.7 Å². The molecule has 2 aromatic carbocycles. The molecule has 33 heavy (non-hydrogen) atoms. The smallest absolute Gasteiger partial charge is 0.326 e. The summed E-state index contributed by atoms with van der Waals surface area (Å²) in [5.41, 5.74) is 1.34. The number of aryl methyl sites for hydroxylation is 1. The number of nitrogens with one attached hydrogen (secondary N) is 1. The molecule has 1 saturated heterocycles. The van der Waals surface area contributed by atoms with E-state index in [0.717, 1.165) is 28.9 Å². The van der Waals surface area contributed by atoms with Crippen LogP contribution in [0.15, 0.2) is 54.6 Å². The summed E-state index contributed by atoms with van der Waals surface area (Å²) in [7, 11) is 0. The van der Waals surface area contributed by atoms with Gasteiger partial charge in [-0.05, 0) is 56.4 Å². The van der Waals surface area contributed by atoms with E-state index in [9.17, 15) is 19.2 Å². The van der Waals surface area contributed by atoms with Gasteiger partial charge < -0.3 is 15.0 Å². The molecule has 2 aliphatic rings. The predicted octanol–water partition coefficient (Wildman–Crippen LogP) is 2.75. The molecule has 1 fully saturated rings. The van der Waals surface area contributed by atoms with Gasteiger partial charge in [-0.15, -0.1) is 0 Å². The SMILES string of the molecule is CC(C)N(C(=O)COC(=O)CN1C(=O)NC2(CCCc3ccccc32)C1=O)c1ccccc1. The third-order valence-electron chi connectivity index (χ3n) is 6.11. The second-order valence-electron chi connectivity index (χ2n) is 8.59. The van der Waals surface area contributed by atoms with E-state index in [1.807, 2.05) is 56.3 Å². The average molecular weight is 450 g/mol. The number of esters is 1. The van der Waals surface area contributed by atoms with Crippen molar-refractivity contribution in [3.05, 3.63) is 65.7 Å². The van der Waals surface area contributed by atoms with Crippen LogP contribution in [0.2, 0.25) is 0 Å². The standard InChI is InChI=1S/C25H27N3O5/c1-17(2)28(19-11-4-3-5-12-19)21(29)16-33-22(30)15-27-23(31)25(26-24(27)32)14-8-10-18-9-6-7-13-20(18)25/h3-7,9,11-13,17H,8,10,14-16H2,1-2H3,(H,26,32). The summed E-state index contributed by atoms with van der Waals surface area (Å²) in [5.74, 6) is -1.67. The lowest BCUT2D eigenvalue weighted by Crippen LogP contribution is -2.47. The van der Waals surface area contributed by atoms with Gasteiger partial charge in [0.05, 0.1) is 0 Å². The number of fused-ring (bicyclic) bond motifs is 2. The lowest BCUT2D eigenvalue weighted by molar-refractivity contribution is -0.150. The van der Waals surface area contributed by atoms with Crippen molar-refractivity contribution in [3.63, 3.8) is 0 Å². The molecule has 0 saturated carbocycles. The molecule has 1 N–H and O–H groups in total. The van der Waals surface area contributed by atoms with E-state index < -0.39 is 36.6 Å². The normalized spacial score (nSPS) is 19.4. The van der Waals surface area contributed by atoms with E-state index in [1.54, 1.807) is 12.1 Å². The van der Waals surface area contributed by atoms with Crippen molar-refractivity contribution >= 4 is 29.5 Å². The highest BCUT2D eigenvalue weighted by atomic mass is 16.5. The number of carbonyl (C=O) groups excluding carboxylic acids is 4. The summed E-state index contributed by atoms with van der Waals surface area (Å²) in [5, 5.41) is 2.80. The van der Waals surface area contributed by atoms with E-state index >= 15 is 0 Å². The number of urea groups is 1. The molecule has 1 aliphatic heterocycles. The number of amides is 4. The molecule has 1 spiro atoms. The van der Waals surface area contributed by atoms with Gasteiger partial charge in [-0.3, -0.25) is 19.3 Å². The van der Waals surface area contributed by atoms with E-state index in [0.29, 0.717) is 12.1 Å². The van der Waals surface area contributed by atoms with Crippen molar-refractivity contribution in [1.29, 1.82) is 0 Å². The van der Waals surface area contributed by atoms with Crippen LogP contribution in [0.5, 0.6) is 0 Å². The number of hydrogen-bond donors (Lipinski definition) is 1. The number of anilines is 1. The van der Waals surface area contributed by atoms with E-state index in [4.69, 9.17) is 4.74 Å². The number of benzene rings is 2. The Labute approximate surface area is 192 Å². The van der Waals surface area contributed by atoms with E-state index in [1.165, 1.54) is 4.90 Å². The van der Waals surface area contributed by atoms with Crippen LogP contribution in [0.1, 0.15) is 37.8 Å². The van der Waals surface area contributed by atoms with Crippen LogP contribution in [-0.4, -0.2) is 47.9 Å². The Morgan fingerprint density at radius 1 is 1.09 bits per heavy atom. The molecule has 0 radical (unpaired) electrons. The van der Waals surface area contributed by atoms with Gasteiger partial charge in [0.1, 0.15) is 12.1 Å². The first kappa shape index (κ1) is 22.5. The molecular formula is C25H27N3O5. The van der Waals surface area contributed by atoms with Gasteiger partial charge in [-0.2, -0.15) is 0 Å². The number of carbonyl (C=O) groups is 4. The minimum atomic E-state index is -1.15. The molecular weight excluding hydrogens is 422 g/mol. The van der Waals surface area contributed by atoms with Crippen LogP contribution in [0.3, 0.4) is 0 Å². The molecule has 1 atom stereocenters. The Morgan fingerprint density at radius 3 is 2.52 bits per heavy atom. The van der Waals surface area contributed by atoms with Gasteiger partial charge >= 0.3 is 12.0 Å². The summed E-state index contributed by atoms with van der Waals surface area (Å²) in [6, 6.07) is 15.8. The fourth-order valence-electron chi connectivity index (χ4n) is 4.66. The first-order valence-corrected chi connectivity index (χ1v) is 11.1. The summed E-state index contributed by atoms with van der Waals surface area (Å²) in [6.07, 6.45) is 2.05. The molecule has 1 unspecified atom stereocenters. The highest BCUT2D eigenvalue weighted by Crippen LogP contribution is 2.39. The van der Waals surface area contributed by atoms with Crippen molar-refractivity contribution in [3.8, 4) is 0 Å². The van der Waals surface area contributed by atoms with Gasteiger partial charge in [-0.1, -0.05) is 42.5 Å². The number of imide groups is 1. The monoisotopic (exact) mass is 449 g/mol. The zero-order valence-electron chi connectivity index (χ0n) is 18.7. The first-order valence-electron chi connectivity index (χ1n) is 11.1. The lowest BCUT2D eigenvalue weighted by Gasteiger charge is -2.33. The highest BCUT2D eigenvalue weighted by Gasteiger charge is 2.54. The quantitative estimate of drug-likeness (QED) is 0.540. The number of nitrogens with zero attached hydrogens (tertiary/aromatic N) is 2. The molecule has 0 aromatic heterocycles.